The van der Waals surface area contributed by atoms with Crippen LogP contribution < -0.4 is 0 Å². The van der Waals surface area contributed by atoms with Gasteiger partial charge in [0.15, 0.2) is 0 Å². The van der Waals surface area contributed by atoms with Crippen molar-refractivity contribution in [2.24, 2.45) is 23.2 Å². The van der Waals surface area contributed by atoms with Gasteiger partial charge < -0.3 is 0 Å². The third-order valence-corrected chi connectivity index (χ3v) is 3.98. The van der Waals surface area contributed by atoms with Crippen LogP contribution in [0.4, 0.5) is 0 Å². The van der Waals surface area contributed by atoms with Crippen LogP contribution in [0.5, 0.6) is 0 Å². The lowest BCUT2D eigenvalue weighted by Gasteiger charge is -2.08. The second-order valence-electron chi connectivity index (χ2n) is 4.55. The summed E-state index contributed by atoms with van der Waals surface area (Å²) >= 11 is 0. The van der Waals surface area contributed by atoms with Gasteiger partial charge in [-0.15, -0.1) is 0 Å². The molecule has 0 radical (unpaired) electrons. The summed E-state index contributed by atoms with van der Waals surface area (Å²) in [6.45, 7) is 2.46. The molecule has 0 amide bonds. The highest BCUT2D eigenvalue weighted by atomic mass is 14.7. The highest BCUT2D eigenvalue weighted by Crippen LogP contribution is 2.74. The molecule has 0 N–H and O–H groups in total. The number of hydrogen-bond donors (Lipinski definition) is 0. The van der Waals surface area contributed by atoms with E-state index in [1.165, 1.54) is 11.8 Å². The molecule has 0 aromatic heterocycles. The van der Waals surface area contributed by atoms with Crippen LogP contribution in [0, 0.1) is 23.2 Å². The molecule has 3 aliphatic carbocycles. The predicted molar refractivity (Wildman–Crippen MR) is 37.0 cm³/mol. The molecule has 3 fully saturated rings. The maximum atomic E-state index is 2.46. The molecule has 3 aliphatic rings. The van der Waals surface area contributed by atoms with Crippen molar-refractivity contribution >= 4 is 0 Å². The van der Waals surface area contributed by atoms with E-state index in [0.717, 1.165) is 11.3 Å². The molecule has 0 aromatic rings. The molecule has 1 spiro atoms. The average Bonchev–Trinajstić information content (AvgIpc) is 2.47. The Labute approximate surface area is 56.6 Å². The Bertz CT molecular complexity index is 155. The zero-order chi connectivity index (χ0) is 6.06. The van der Waals surface area contributed by atoms with Gasteiger partial charge in [0.2, 0.25) is 0 Å². The van der Waals surface area contributed by atoms with E-state index in [1.54, 1.807) is 25.7 Å². The van der Waals surface area contributed by atoms with Crippen molar-refractivity contribution in [2.45, 2.75) is 32.6 Å². The van der Waals surface area contributed by atoms with E-state index in [-0.39, 0.29) is 0 Å². The normalized spacial score (nSPS) is 57.7. The van der Waals surface area contributed by atoms with E-state index in [1.807, 2.05) is 0 Å². The van der Waals surface area contributed by atoms with Crippen LogP contribution in [0.1, 0.15) is 32.6 Å². The maximum absolute atomic E-state index is 2.46. The first-order valence-corrected chi connectivity index (χ1v) is 4.32. The summed E-state index contributed by atoms with van der Waals surface area (Å²) in [6.07, 6.45) is 6.35. The molecule has 0 heterocycles. The average molecular weight is 122 g/mol. The van der Waals surface area contributed by atoms with Crippen LogP contribution in [-0.4, -0.2) is 0 Å². The lowest BCUT2D eigenvalue weighted by molar-refractivity contribution is 0.414. The van der Waals surface area contributed by atoms with Crippen LogP contribution in [-0.2, 0) is 0 Å². The number of rotatable bonds is 0. The summed E-state index contributed by atoms with van der Waals surface area (Å²) in [7, 11) is 0. The summed E-state index contributed by atoms with van der Waals surface area (Å²) in [4.78, 5) is 0. The quantitative estimate of drug-likeness (QED) is 0.463. The summed E-state index contributed by atoms with van der Waals surface area (Å²) < 4.78 is 0. The van der Waals surface area contributed by atoms with Crippen molar-refractivity contribution in [1.82, 2.24) is 0 Å². The first-order chi connectivity index (χ1) is 4.32. The lowest BCUT2D eigenvalue weighted by Crippen LogP contribution is -1.99. The van der Waals surface area contributed by atoms with E-state index >= 15 is 0 Å². The third-order valence-electron chi connectivity index (χ3n) is 3.98. The van der Waals surface area contributed by atoms with E-state index < -0.39 is 0 Å². The molecule has 3 rings (SSSR count). The van der Waals surface area contributed by atoms with Crippen LogP contribution in [0.2, 0.25) is 0 Å². The van der Waals surface area contributed by atoms with Gasteiger partial charge in [-0.1, -0.05) is 6.92 Å². The van der Waals surface area contributed by atoms with Gasteiger partial charge in [-0.05, 0) is 48.9 Å². The number of hydrogen-bond acceptors (Lipinski definition) is 0. The fourth-order valence-electron chi connectivity index (χ4n) is 3.23. The molecule has 9 heavy (non-hydrogen) atoms. The molecule has 0 saturated heterocycles. The minimum absolute atomic E-state index is 0.948. The Hall–Kier alpha value is 0. The van der Waals surface area contributed by atoms with Gasteiger partial charge in [-0.3, -0.25) is 0 Å². The molecule has 3 saturated carbocycles. The van der Waals surface area contributed by atoms with E-state index in [2.05, 4.69) is 6.92 Å². The highest BCUT2D eigenvalue weighted by molar-refractivity contribution is 5.15. The van der Waals surface area contributed by atoms with Crippen molar-refractivity contribution in [3.8, 4) is 0 Å². The molecule has 0 aromatic carbocycles. The second-order valence-corrected chi connectivity index (χ2v) is 4.55. The molecule has 0 nitrogen and oxygen atoms in total. The Kier molecular flexibility index (Phi) is 0.574. The summed E-state index contributed by atoms with van der Waals surface area (Å²) in [6, 6.07) is 0. The SMILES string of the molecule is CC1CC2(CC2)C2CC12. The fourth-order valence-corrected chi connectivity index (χ4v) is 3.23. The molecule has 3 unspecified atom stereocenters. The van der Waals surface area contributed by atoms with Gasteiger partial charge >= 0.3 is 0 Å². The van der Waals surface area contributed by atoms with Crippen LogP contribution in [0.3, 0.4) is 0 Å². The molecule has 50 valence electrons. The summed E-state index contributed by atoms with van der Waals surface area (Å²) in [5.74, 6) is 3.50. The van der Waals surface area contributed by atoms with Crippen molar-refractivity contribution in [3.63, 3.8) is 0 Å². The van der Waals surface area contributed by atoms with Gasteiger partial charge in [-0.25, -0.2) is 0 Å². The van der Waals surface area contributed by atoms with E-state index in [4.69, 9.17) is 0 Å². The van der Waals surface area contributed by atoms with Gasteiger partial charge in [-0.2, -0.15) is 0 Å². The van der Waals surface area contributed by atoms with Crippen molar-refractivity contribution in [3.05, 3.63) is 0 Å². The Balaban J connectivity index is 1.94. The molecule has 0 heteroatoms. The van der Waals surface area contributed by atoms with Gasteiger partial charge in [0, 0.05) is 0 Å². The van der Waals surface area contributed by atoms with Crippen molar-refractivity contribution in [2.75, 3.05) is 0 Å². The predicted octanol–water partition coefficient (Wildman–Crippen LogP) is 2.44. The summed E-state index contributed by atoms with van der Waals surface area (Å²) in [5.41, 5.74) is 0.948. The van der Waals surface area contributed by atoms with E-state index in [9.17, 15) is 0 Å². The zero-order valence-electron chi connectivity index (χ0n) is 6.06. The van der Waals surface area contributed by atoms with Crippen LogP contribution >= 0.6 is 0 Å². The molecule has 3 atom stereocenters. The third kappa shape index (κ3) is 0.426. The topological polar surface area (TPSA) is 0 Å². The smallest absolute Gasteiger partial charge is 0.0263 e. The Morgan fingerprint density at radius 2 is 2.11 bits per heavy atom. The minimum Gasteiger partial charge on any atom is -0.0622 e. The second kappa shape index (κ2) is 1.09. The van der Waals surface area contributed by atoms with Crippen molar-refractivity contribution < 1.29 is 0 Å². The first kappa shape index (κ1) is 4.76. The first-order valence-electron chi connectivity index (χ1n) is 4.32. The minimum atomic E-state index is 0.948. The van der Waals surface area contributed by atoms with Gasteiger partial charge in [0.1, 0.15) is 0 Å². The Morgan fingerprint density at radius 1 is 1.33 bits per heavy atom. The van der Waals surface area contributed by atoms with Gasteiger partial charge in [0.25, 0.3) is 0 Å². The highest BCUT2D eigenvalue weighted by Gasteiger charge is 2.65. The maximum Gasteiger partial charge on any atom is -0.0263 e. The van der Waals surface area contributed by atoms with E-state index in [0.29, 0.717) is 0 Å². The molecular formula is C9H14. The summed E-state index contributed by atoms with van der Waals surface area (Å²) in [5, 5.41) is 0. The van der Waals surface area contributed by atoms with Crippen molar-refractivity contribution in [1.29, 1.82) is 0 Å². The van der Waals surface area contributed by atoms with Crippen LogP contribution in [0.25, 0.3) is 0 Å². The molecular weight excluding hydrogens is 108 g/mol. The van der Waals surface area contributed by atoms with Gasteiger partial charge in [0.05, 0.1) is 0 Å². The fraction of sp³-hybridized carbons (Fsp3) is 1.00. The zero-order valence-corrected chi connectivity index (χ0v) is 6.06. The molecule has 0 bridgehead atoms. The lowest BCUT2D eigenvalue weighted by atomic mass is 9.97. The standard InChI is InChI=1S/C9H14/c1-6-5-9(2-3-9)8-4-7(6)8/h6-8H,2-5H2,1H3. The van der Waals surface area contributed by atoms with Crippen LogP contribution in [0.15, 0.2) is 0 Å². The monoisotopic (exact) mass is 122 g/mol. The largest absolute Gasteiger partial charge is 0.0622 e. The Morgan fingerprint density at radius 3 is 2.33 bits per heavy atom. The number of fused-ring (bicyclic) bond motifs is 2. The molecule has 0 aliphatic heterocycles.